The van der Waals surface area contributed by atoms with Crippen molar-refractivity contribution in [3.05, 3.63) is 88.4 Å². The van der Waals surface area contributed by atoms with Gasteiger partial charge in [0.15, 0.2) is 0 Å². The molecule has 1 aliphatic rings. The summed E-state index contributed by atoms with van der Waals surface area (Å²) in [5.74, 6) is 0.920. The number of thioether (sulfide) groups is 1. The standard InChI is InChI=1S/C33H35NO3S2.Na/c1-32(2,37)31-24(11-7-19-38-22-33(17-18-33)21-30(35)36)9-6-12-26(31)25-10-5-8-23(20-25)15-16-29-34-27-13-3-4-14-28(27)39-29;/h3-6,8-10,12-16,20,37H,7,11,17-19,21-22H2,1-2H3,(H,35,36);/q;+1/p-1. The molecule has 0 unspecified atom stereocenters. The number of carboxylic acids is 1. The van der Waals surface area contributed by atoms with Crippen LogP contribution in [0.1, 0.15) is 61.2 Å². The molecule has 4 nitrogen and oxygen atoms in total. The average Bonchev–Trinajstić information content (AvgIpc) is 3.52. The number of rotatable bonds is 12. The maximum atomic E-state index is 11.2. The molecule has 0 saturated heterocycles. The molecule has 1 saturated carbocycles. The molecular weight excluding hydrogens is 545 g/mol. The summed E-state index contributed by atoms with van der Waals surface area (Å²) in [5.41, 5.74) is 5.34. The minimum atomic E-state index is -0.988. The molecule has 7 heteroatoms. The normalized spacial score (nSPS) is 14.4. The number of hydrogen-bond acceptors (Lipinski definition) is 6. The number of carboxylic acid groups (broad SMARTS) is 1. The summed E-state index contributed by atoms with van der Waals surface area (Å²) in [6, 6.07) is 22.9. The Kier molecular flexibility index (Phi) is 10.4. The van der Waals surface area contributed by atoms with Gasteiger partial charge in [0.05, 0.1) is 15.8 Å². The number of para-hydroxylation sites is 1. The fraction of sp³-hybridized carbons (Fsp3) is 0.333. The van der Waals surface area contributed by atoms with Gasteiger partial charge < -0.3 is 15.0 Å². The van der Waals surface area contributed by atoms with E-state index in [0.717, 1.165) is 75.5 Å². The number of benzene rings is 3. The molecule has 0 spiro atoms. The number of carbonyl (C=O) groups excluding carboxylic acids is 1. The Balaban J connectivity index is 0.00000370. The molecule has 4 aromatic rings. The first-order chi connectivity index (χ1) is 18.7. The summed E-state index contributed by atoms with van der Waals surface area (Å²) in [6.07, 6.45) is 8.17. The van der Waals surface area contributed by atoms with Crippen LogP contribution in [-0.4, -0.2) is 27.6 Å². The molecule has 0 bridgehead atoms. The van der Waals surface area contributed by atoms with E-state index in [2.05, 4.69) is 60.7 Å². The summed E-state index contributed by atoms with van der Waals surface area (Å²) < 4.78 is 1.18. The second-order valence-corrected chi connectivity index (χ2v) is 13.2. The maximum absolute atomic E-state index is 11.2. The largest absolute Gasteiger partial charge is 1.00 e. The van der Waals surface area contributed by atoms with Gasteiger partial charge in [0, 0.05) is 5.97 Å². The summed E-state index contributed by atoms with van der Waals surface area (Å²) >= 11 is 3.52. The number of hydrogen-bond donors (Lipinski definition) is 1. The quantitative estimate of drug-likeness (QED) is 0.203. The number of aromatic nitrogens is 1. The first kappa shape index (κ1) is 31.0. The fourth-order valence-electron chi connectivity index (χ4n) is 5.22. The first-order valence-corrected chi connectivity index (χ1v) is 15.5. The van der Waals surface area contributed by atoms with E-state index in [-0.39, 0.29) is 41.4 Å². The number of aliphatic carboxylic acids is 1. The van der Waals surface area contributed by atoms with Crippen molar-refractivity contribution in [1.82, 2.24) is 4.98 Å². The van der Waals surface area contributed by atoms with E-state index in [0.29, 0.717) is 0 Å². The Morgan fingerprint density at radius 1 is 1.10 bits per heavy atom. The van der Waals surface area contributed by atoms with Gasteiger partial charge in [-0.1, -0.05) is 54.6 Å². The third-order valence-electron chi connectivity index (χ3n) is 7.31. The van der Waals surface area contributed by atoms with Gasteiger partial charge in [-0.3, -0.25) is 0 Å². The second-order valence-electron chi connectivity index (χ2n) is 11.1. The van der Waals surface area contributed by atoms with E-state index in [1.54, 1.807) is 11.3 Å². The van der Waals surface area contributed by atoms with Crippen LogP contribution in [0.4, 0.5) is 0 Å². The topological polar surface area (TPSA) is 73.2 Å². The summed E-state index contributed by atoms with van der Waals surface area (Å²) in [6.45, 7) is 3.72. The van der Waals surface area contributed by atoms with Gasteiger partial charge in [-0.25, -0.2) is 4.98 Å². The van der Waals surface area contributed by atoms with E-state index >= 15 is 0 Å². The predicted octanol–water partition coefficient (Wildman–Crippen LogP) is 3.95. The van der Waals surface area contributed by atoms with Crippen LogP contribution in [0.15, 0.2) is 66.7 Å². The van der Waals surface area contributed by atoms with Gasteiger partial charge in [0.2, 0.25) is 0 Å². The number of aliphatic hydroxyl groups is 1. The van der Waals surface area contributed by atoms with Crippen molar-refractivity contribution in [2.24, 2.45) is 5.41 Å². The van der Waals surface area contributed by atoms with Crippen molar-refractivity contribution in [2.75, 3.05) is 11.5 Å². The molecule has 0 radical (unpaired) electrons. The summed E-state index contributed by atoms with van der Waals surface area (Å²) in [7, 11) is 0. The summed E-state index contributed by atoms with van der Waals surface area (Å²) in [4.78, 5) is 15.7. The minimum absolute atomic E-state index is 0. The van der Waals surface area contributed by atoms with Crippen molar-refractivity contribution >= 4 is 51.4 Å². The number of thiazole rings is 1. The van der Waals surface area contributed by atoms with Gasteiger partial charge in [-0.05, 0) is 115 Å². The zero-order chi connectivity index (χ0) is 27.5. The van der Waals surface area contributed by atoms with E-state index in [1.165, 1.54) is 4.70 Å². The zero-order valence-corrected chi connectivity index (χ0v) is 27.1. The molecule has 1 aromatic heterocycles. The predicted molar refractivity (Wildman–Crippen MR) is 163 cm³/mol. The number of fused-ring (bicyclic) bond motifs is 1. The molecule has 40 heavy (non-hydrogen) atoms. The Bertz CT molecular complexity index is 1470. The zero-order valence-electron chi connectivity index (χ0n) is 23.5. The molecule has 3 aromatic carbocycles. The molecule has 1 N–H and O–H groups in total. The van der Waals surface area contributed by atoms with Crippen LogP contribution in [0.5, 0.6) is 0 Å². The van der Waals surface area contributed by atoms with Crippen LogP contribution in [-0.2, 0) is 16.8 Å². The van der Waals surface area contributed by atoms with E-state index in [9.17, 15) is 15.0 Å². The van der Waals surface area contributed by atoms with Gasteiger partial charge in [0.25, 0.3) is 0 Å². The van der Waals surface area contributed by atoms with Crippen molar-refractivity contribution < 1.29 is 44.6 Å². The molecule has 1 fully saturated rings. The van der Waals surface area contributed by atoms with Crippen LogP contribution >= 0.6 is 23.1 Å². The van der Waals surface area contributed by atoms with Crippen LogP contribution < -0.4 is 34.7 Å². The Morgan fingerprint density at radius 2 is 1.88 bits per heavy atom. The monoisotopic (exact) mass is 579 g/mol. The molecule has 0 aliphatic heterocycles. The summed E-state index contributed by atoms with van der Waals surface area (Å²) in [5, 5.41) is 23.2. The van der Waals surface area contributed by atoms with Crippen molar-refractivity contribution in [3.8, 4) is 11.1 Å². The molecule has 1 heterocycles. The number of carbonyl (C=O) groups is 1. The molecule has 0 amide bonds. The number of aryl methyl sites for hydroxylation is 1. The molecule has 0 atom stereocenters. The average molecular weight is 580 g/mol. The minimum Gasteiger partial charge on any atom is -0.550 e. The van der Waals surface area contributed by atoms with Crippen LogP contribution in [0, 0.1) is 5.41 Å². The number of nitrogens with zero attached hydrogens (tertiary/aromatic N) is 1. The third kappa shape index (κ3) is 7.87. The third-order valence-corrected chi connectivity index (χ3v) is 9.70. The Morgan fingerprint density at radius 3 is 2.60 bits per heavy atom. The van der Waals surface area contributed by atoms with Gasteiger partial charge in [0.1, 0.15) is 5.01 Å². The maximum Gasteiger partial charge on any atom is 1.00 e. The Hall–Kier alpha value is -1.93. The van der Waals surface area contributed by atoms with Crippen molar-refractivity contribution in [3.63, 3.8) is 0 Å². The van der Waals surface area contributed by atoms with Gasteiger partial charge in [-0.2, -0.15) is 11.8 Å². The Labute approximate surface area is 267 Å². The fourth-order valence-corrected chi connectivity index (χ4v) is 7.41. The molecule has 1 aliphatic carbocycles. The van der Waals surface area contributed by atoms with Crippen LogP contribution in [0.2, 0.25) is 0 Å². The molecule has 5 rings (SSSR count). The van der Waals surface area contributed by atoms with Crippen LogP contribution in [0.25, 0.3) is 33.5 Å². The van der Waals surface area contributed by atoms with E-state index < -0.39 is 11.6 Å². The van der Waals surface area contributed by atoms with Gasteiger partial charge in [-0.15, -0.1) is 11.3 Å². The second kappa shape index (κ2) is 13.4. The van der Waals surface area contributed by atoms with E-state index in [1.807, 2.05) is 43.8 Å². The van der Waals surface area contributed by atoms with E-state index in [4.69, 9.17) is 4.98 Å². The van der Waals surface area contributed by atoms with Gasteiger partial charge >= 0.3 is 29.6 Å². The first-order valence-electron chi connectivity index (χ1n) is 13.5. The molecular formula is C33H34NNaO3S2. The SMILES string of the molecule is CC(C)(O)c1c(CCCSCC2(CC(=O)[O-])CC2)cccc1-c1cccc(C=Cc2nc3ccccc3s2)c1.[Na+]. The molecule has 202 valence electrons. The van der Waals surface area contributed by atoms with Crippen molar-refractivity contribution in [2.45, 2.75) is 51.6 Å². The van der Waals surface area contributed by atoms with Crippen molar-refractivity contribution in [1.29, 1.82) is 0 Å². The smallest absolute Gasteiger partial charge is 0.550 e. The van der Waals surface area contributed by atoms with Crippen LogP contribution in [0.3, 0.4) is 0 Å².